The summed E-state index contributed by atoms with van der Waals surface area (Å²) in [6.07, 6.45) is 1.49. The normalized spacial score (nSPS) is 10.8. The number of nitrogens with zero attached hydrogens (tertiary/aromatic N) is 2. The molecule has 0 saturated heterocycles. The quantitative estimate of drug-likeness (QED) is 0.342. The van der Waals surface area contributed by atoms with Crippen molar-refractivity contribution in [3.05, 3.63) is 84.2 Å². The minimum atomic E-state index is -0.110. The van der Waals surface area contributed by atoms with Crippen molar-refractivity contribution in [1.29, 1.82) is 0 Å². The molecule has 0 aliphatic carbocycles. The molecule has 7 heteroatoms. The topological polar surface area (TPSA) is 79.9 Å². The maximum absolute atomic E-state index is 12.3. The molecule has 3 aromatic carbocycles. The highest BCUT2D eigenvalue weighted by atomic mass is 32.2. The number of aromatic amines is 1. The van der Waals surface area contributed by atoms with Crippen LogP contribution in [0.1, 0.15) is 15.9 Å². The van der Waals surface area contributed by atoms with E-state index in [9.17, 15) is 4.79 Å². The number of hydrogen-bond donors (Lipinski definition) is 2. The number of carbonyl (C=O) groups is 1. The largest absolute Gasteiger partial charge is 0.491 e. The van der Waals surface area contributed by atoms with Gasteiger partial charge in [0.2, 0.25) is 0 Å². The standard InChI is InChI=1S/C22H20N4O2S/c27-21(18-10-8-16(9-11-18)14-29-22-24-15-25-26-22)23-12-13-28-20-7-3-5-17-4-1-2-6-19(17)20/h1-11,15H,12-14H2,(H,23,27)(H,24,25,26). The van der Waals surface area contributed by atoms with Crippen molar-refractivity contribution < 1.29 is 9.53 Å². The van der Waals surface area contributed by atoms with Gasteiger partial charge in [0.15, 0.2) is 5.16 Å². The molecule has 146 valence electrons. The van der Waals surface area contributed by atoms with Crippen LogP contribution in [0.25, 0.3) is 10.8 Å². The van der Waals surface area contributed by atoms with Gasteiger partial charge in [0.25, 0.3) is 5.91 Å². The van der Waals surface area contributed by atoms with Crippen LogP contribution >= 0.6 is 11.8 Å². The van der Waals surface area contributed by atoms with E-state index in [1.807, 2.05) is 54.6 Å². The average Bonchev–Trinajstić information content (AvgIpc) is 3.29. The van der Waals surface area contributed by atoms with Gasteiger partial charge in [-0.1, -0.05) is 60.3 Å². The van der Waals surface area contributed by atoms with Gasteiger partial charge in [-0.15, -0.1) is 0 Å². The molecule has 4 rings (SSSR count). The lowest BCUT2D eigenvalue weighted by Crippen LogP contribution is -2.28. The van der Waals surface area contributed by atoms with E-state index in [1.165, 1.54) is 6.33 Å². The summed E-state index contributed by atoms with van der Waals surface area (Å²) in [6, 6.07) is 21.6. The third-order valence-electron chi connectivity index (χ3n) is 4.38. The number of fused-ring (bicyclic) bond motifs is 1. The highest BCUT2D eigenvalue weighted by Crippen LogP contribution is 2.25. The number of H-pyrrole nitrogens is 1. The van der Waals surface area contributed by atoms with Crippen LogP contribution in [0.4, 0.5) is 0 Å². The molecule has 1 aromatic heterocycles. The summed E-state index contributed by atoms with van der Waals surface area (Å²) >= 11 is 1.56. The Bertz CT molecular complexity index is 1080. The van der Waals surface area contributed by atoms with Gasteiger partial charge in [-0.2, -0.15) is 5.10 Å². The van der Waals surface area contributed by atoms with Gasteiger partial charge in [-0.05, 0) is 29.1 Å². The SMILES string of the molecule is O=C(NCCOc1cccc2ccccc12)c1ccc(CSc2ncn[nH]2)cc1. The highest BCUT2D eigenvalue weighted by molar-refractivity contribution is 7.98. The molecule has 1 amide bonds. The first-order chi connectivity index (χ1) is 14.3. The Morgan fingerprint density at radius 3 is 2.69 bits per heavy atom. The van der Waals surface area contributed by atoms with Gasteiger partial charge < -0.3 is 10.1 Å². The lowest BCUT2D eigenvalue weighted by molar-refractivity contribution is 0.0947. The van der Waals surface area contributed by atoms with Gasteiger partial charge in [0.1, 0.15) is 18.7 Å². The Hall–Kier alpha value is -3.32. The number of aromatic nitrogens is 3. The molecular weight excluding hydrogens is 384 g/mol. The molecule has 6 nitrogen and oxygen atoms in total. The summed E-state index contributed by atoms with van der Waals surface area (Å²) in [5, 5.41) is 12.5. The van der Waals surface area contributed by atoms with Crippen LogP contribution in [-0.4, -0.2) is 34.2 Å². The number of nitrogens with one attached hydrogen (secondary N) is 2. The minimum absolute atomic E-state index is 0.110. The lowest BCUT2D eigenvalue weighted by atomic mass is 10.1. The molecule has 0 unspecified atom stereocenters. The first kappa shape index (κ1) is 19.0. The van der Waals surface area contributed by atoms with Crippen molar-refractivity contribution in [3.8, 4) is 5.75 Å². The maximum Gasteiger partial charge on any atom is 0.251 e. The smallest absolute Gasteiger partial charge is 0.251 e. The summed E-state index contributed by atoms with van der Waals surface area (Å²) in [5.74, 6) is 1.47. The third kappa shape index (κ3) is 4.94. The van der Waals surface area contributed by atoms with Crippen LogP contribution in [0.2, 0.25) is 0 Å². The van der Waals surface area contributed by atoms with E-state index in [-0.39, 0.29) is 5.91 Å². The lowest BCUT2D eigenvalue weighted by Gasteiger charge is -2.10. The number of carbonyl (C=O) groups excluding carboxylic acids is 1. The van der Waals surface area contributed by atoms with E-state index in [0.29, 0.717) is 18.7 Å². The van der Waals surface area contributed by atoms with Crippen molar-refractivity contribution in [2.45, 2.75) is 10.9 Å². The number of benzene rings is 3. The Kier molecular flexibility index (Phi) is 6.07. The van der Waals surface area contributed by atoms with E-state index in [2.05, 4.69) is 32.6 Å². The van der Waals surface area contributed by atoms with Crippen LogP contribution < -0.4 is 10.1 Å². The highest BCUT2D eigenvalue weighted by Gasteiger charge is 2.06. The summed E-state index contributed by atoms with van der Waals surface area (Å²) < 4.78 is 5.86. The molecule has 29 heavy (non-hydrogen) atoms. The number of thioether (sulfide) groups is 1. The van der Waals surface area contributed by atoms with Gasteiger partial charge >= 0.3 is 0 Å². The van der Waals surface area contributed by atoms with E-state index < -0.39 is 0 Å². The van der Waals surface area contributed by atoms with E-state index in [4.69, 9.17) is 4.74 Å². The monoisotopic (exact) mass is 404 g/mol. The van der Waals surface area contributed by atoms with Gasteiger partial charge in [0, 0.05) is 16.7 Å². The number of amides is 1. The number of hydrogen-bond acceptors (Lipinski definition) is 5. The first-order valence-electron chi connectivity index (χ1n) is 9.25. The van der Waals surface area contributed by atoms with Crippen LogP contribution in [0.15, 0.2) is 78.2 Å². The predicted octanol–water partition coefficient (Wildman–Crippen LogP) is 4.06. The zero-order valence-electron chi connectivity index (χ0n) is 15.7. The fraction of sp³-hybridized carbons (Fsp3) is 0.136. The molecule has 2 N–H and O–H groups in total. The molecule has 0 bridgehead atoms. The summed E-state index contributed by atoms with van der Waals surface area (Å²) in [7, 11) is 0. The molecule has 0 aliphatic heterocycles. The fourth-order valence-corrected chi connectivity index (χ4v) is 3.65. The predicted molar refractivity (Wildman–Crippen MR) is 114 cm³/mol. The second-order valence-electron chi connectivity index (χ2n) is 6.36. The van der Waals surface area contributed by atoms with Crippen molar-refractivity contribution in [2.75, 3.05) is 13.2 Å². The first-order valence-corrected chi connectivity index (χ1v) is 10.2. The molecule has 0 atom stereocenters. The molecular formula is C22H20N4O2S. The van der Waals surface area contributed by atoms with Crippen LogP contribution in [0.5, 0.6) is 5.75 Å². The number of ether oxygens (including phenoxy) is 1. The summed E-state index contributed by atoms with van der Waals surface area (Å²) in [4.78, 5) is 16.4. The van der Waals surface area contributed by atoms with Gasteiger partial charge in [-0.3, -0.25) is 9.89 Å². The fourth-order valence-electron chi connectivity index (χ4n) is 2.92. The van der Waals surface area contributed by atoms with Crippen molar-refractivity contribution in [1.82, 2.24) is 20.5 Å². The third-order valence-corrected chi connectivity index (χ3v) is 5.33. The molecule has 0 saturated carbocycles. The zero-order valence-corrected chi connectivity index (χ0v) is 16.5. The number of rotatable bonds is 8. The average molecular weight is 404 g/mol. The van der Waals surface area contributed by atoms with E-state index in [1.54, 1.807) is 11.8 Å². The minimum Gasteiger partial charge on any atom is -0.491 e. The van der Waals surface area contributed by atoms with Crippen LogP contribution in [-0.2, 0) is 5.75 Å². The Labute approximate surface area is 172 Å². The van der Waals surface area contributed by atoms with Crippen molar-refractivity contribution in [2.24, 2.45) is 0 Å². The Morgan fingerprint density at radius 1 is 1.03 bits per heavy atom. The second kappa shape index (κ2) is 9.25. The van der Waals surface area contributed by atoms with Crippen molar-refractivity contribution >= 4 is 28.4 Å². The molecule has 4 aromatic rings. The maximum atomic E-state index is 12.3. The molecule has 0 fully saturated rings. The van der Waals surface area contributed by atoms with Gasteiger partial charge in [0.05, 0.1) is 6.54 Å². The molecule has 1 heterocycles. The van der Waals surface area contributed by atoms with E-state index in [0.717, 1.165) is 33.0 Å². The van der Waals surface area contributed by atoms with E-state index >= 15 is 0 Å². The summed E-state index contributed by atoms with van der Waals surface area (Å²) in [5.41, 5.74) is 1.74. The zero-order chi connectivity index (χ0) is 19.9. The Morgan fingerprint density at radius 2 is 1.86 bits per heavy atom. The molecule has 0 spiro atoms. The Balaban J connectivity index is 1.25. The molecule has 0 radical (unpaired) electrons. The van der Waals surface area contributed by atoms with Crippen molar-refractivity contribution in [3.63, 3.8) is 0 Å². The molecule has 0 aliphatic rings. The van der Waals surface area contributed by atoms with Gasteiger partial charge in [-0.25, -0.2) is 4.98 Å². The van der Waals surface area contributed by atoms with Crippen LogP contribution in [0, 0.1) is 0 Å². The van der Waals surface area contributed by atoms with Crippen LogP contribution in [0.3, 0.4) is 0 Å². The second-order valence-corrected chi connectivity index (χ2v) is 7.32. The summed E-state index contributed by atoms with van der Waals surface area (Å²) in [6.45, 7) is 0.844.